The number of hydrogen-bond acceptors (Lipinski definition) is 2. The van der Waals surface area contributed by atoms with E-state index in [-0.39, 0.29) is 11.8 Å². The minimum atomic E-state index is -0.635. The van der Waals surface area contributed by atoms with Crippen LogP contribution < -0.4 is 10.6 Å². The van der Waals surface area contributed by atoms with Gasteiger partial charge in [-0.2, -0.15) is 0 Å². The summed E-state index contributed by atoms with van der Waals surface area (Å²) in [5.41, 5.74) is 1.43. The van der Waals surface area contributed by atoms with Gasteiger partial charge in [-0.1, -0.05) is 76.6 Å². The molecule has 0 aromatic heterocycles. The molecule has 0 saturated heterocycles. The molecule has 2 N–H and O–H groups in total. The summed E-state index contributed by atoms with van der Waals surface area (Å²) in [5, 5.41) is 5.59. The van der Waals surface area contributed by atoms with Crippen LogP contribution in [0.1, 0.15) is 99.5 Å². The highest BCUT2D eigenvalue weighted by Gasteiger charge is 2.16. The highest BCUT2D eigenvalue weighted by molar-refractivity contribution is 5.98. The highest BCUT2D eigenvalue weighted by Crippen LogP contribution is 2.11. The Bertz CT molecular complexity index is 723. The van der Waals surface area contributed by atoms with Crippen LogP contribution in [-0.2, 0) is 4.79 Å². The summed E-state index contributed by atoms with van der Waals surface area (Å²) in [6, 6.07) is 4.21. The van der Waals surface area contributed by atoms with E-state index < -0.39 is 6.04 Å². The van der Waals surface area contributed by atoms with Crippen molar-refractivity contribution in [3.63, 3.8) is 0 Å². The van der Waals surface area contributed by atoms with Crippen LogP contribution in [0.15, 0.2) is 18.2 Å². The minimum absolute atomic E-state index is 0.190. The van der Waals surface area contributed by atoms with Gasteiger partial charge in [0.25, 0.3) is 5.91 Å². The molecule has 1 aromatic carbocycles. The van der Waals surface area contributed by atoms with Crippen LogP contribution in [-0.4, -0.2) is 24.4 Å². The van der Waals surface area contributed by atoms with Gasteiger partial charge in [0.15, 0.2) is 0 Å². The van der Waals surface area contributed by atoms with Crippen molar-refractivity contribution in [2.24, 2.45) is 0 Å². The maximum atomic E-state index is 12.4. The van der Waals surface area contributed by atoms with Crippen molar-refractivity contribution < 1.29 is 9.59 Å². The predicted octanol–water partition coefficient (Wildman–Crippen LogP) is 4.80. The van der Waals surface area contributed by atoms with E-state index in [0.29, 0.717) is 23.2 Å². The number of nitrogens with one attached hydrogen (secondary N) is 2. The molecule has 1 aromatic rings. The van der Waals surface area contributed by atoms with Crippen molar-refractivity contribution in [3.05, 3.63) is 34.9 Å². The Labute approximate surface area is 182 Å². The van der Waals surface area contributed by atoms with Crippen molar-refractivity contribution in [2.45, 2.75) is 84.1 Å². The molecule has 2 amide bonds. The second kappa shape index (κ2) is 15.2. The molecule has 0 aliphatic heterocycles. The van der Waals surface area contributed by atoms with E-state index in [0.717, 1.165) is 12.8 Å². The summed E-state index contributed by atoms with van der Waals surface area (Å²) < 4.78 is 0. The lowest BCUT2D eigenvalue weighted by Crippen LogP contribution is -2.45. The molecular formula is C26H36N2O2. The fourth-order valence-corrected chi connectivity index (χ4v) is 3.25. The molecule has 0 saturated carbocycles. The zero-order chi connectivity index (χ0) is 22.2. The molecule has 0 spiro atoms. The molecule has 0 bridgehead atoms. The van der Waals surface area contributed by atoms with Gasteiger partial charge in [0.2, 0.25) is 5.91 Å². The molecule has 1 rings (SSSR count). The third kappa shape index (κ3) is 10.2. The Morgan fingerprint density at radius 2 is 1.37 bits per heavy atom. The number of unbranched alkanes of at least 4 members (excludes halogenated alkanes) is 9. The third-order valence-corrected chi connectivity index (χ3v) is 5.10. The van der Waals surface area contributed by atoms with Crippen molar-refractivity contribution in [1.29, 1.82) is 0 Å². The molecule has 4 heteroatoms. The second-order valence-corrected chi connectivity index (χ2v) is 7.76. The lowest BCUT2D eigenvalue weighted by Gasteiger charge is -2.14. The van der Waals surface area contributed by atoms with Crippen LogP contribution in [0.3, 0.4) is 0 Å². The Morgan fingerprint density at radius 1 is 0.867 bits per heavy atom. The highest BCUT2D eigenvalue weighted by atomic mass is 16.2. The van der Waals surface area contributed by atoms with E-state index in [2.05, 4.69) is 29.4 Å². The van der Waals surface area contributed by atoms with E-state index in [9.17, 15) is 9.59 Å². The van der Waals surface area contributed by atoms with E-state index >= 15 is 0 Å². The van der Waals surface area contributed by atoms with Gasteiger partial charge >= 0.3 is 0 Å². The van der Waals surface area contributed by atoms with Gasteiger partial charge in [-0.3, -0.25) is 9.59 Å². The second-order valence-electron chi connectivity index (χ2n) is 7.76. The van der Waals surface area contributed by atoms with Crippen molar-refractivity contribution in [3.8, 4) is 24.7 Å². The van der Waals surface area contributed by atoms with Gasteiger partial charge < -0.3 is 10.6 Å². The number of hydrogen-bond donors (Lipinski definition) is 2. The first kappa shape index (κ1) is 25.3. The summed E-state index contributed by atoms with van der Waals surface area (Å²) in [7, 11) is 0. The van der Waals surface area contributed by atoms with Gasteiger partial charge in [-0.25, -0.2) is 0 Å². The summed E-state index contributed by atoms with van der Waals surface area (Å²) in [5.74, 6) is 4.40. The quantitative estimate of drug-likeness (QED) is 0.343. The number of amides is 2. The van der Waals surface area contributed by atoms with E-state index in [1.807, 2.05) is 0 Å². The minimum Gasteiger partial charge on any atom is -0.354 e. The molecule has 1 unspecified atom stereocenters. The molecule has 0 fully saturated rings. The molecule has 162 valence electrons. The van der Waals surface area contributed by atoms with Gasteiger partial charge in [0.05, 0.1) is 0 Å². The summed E-state index contributed by atoms with van der Waals surface area (Å²) >= 11 is 0. The van der Waals surface area contributed by atoms with Crippen LogP contribution in [0.2, 0.25) is 0 Å². The SMILES string of the molecule is C#Cc1cc(C#C)cc(C(=O)NC(C)C(=O)NCCCCCCCCCCCC)c1. The van der Waals surface area contributed by atoms with Crippen molar-refractivity contribution >= 4 is 11.8 Å². The van der Waals surface area contributed by atoms with Crippen LogP contribution in [0.25, 0.3) is 0 Å². The van der Waals surface area contributed by atoms with Gasteiger partial charge in [-0.15, -0.1) is 12.8 Å². The molecule has 4 nitrogen and oxygen atoms in total. The smallest absolute Gasteiger partial charge is 0.252 e. The number of rotatable bonds is 14. The zero-order valence-electron chi connectivity index (χ0n) is 18.6. The summed E-state index contributed by atoms with van der Waals surface area (Å²) in [4.78, 5) is 24.7. The average molecular weight is 409 g/mol. The fourth-order valence-electron chi connectivity index (χ4n) is 3.25. The lowest BCUT2D eigenvalue weighted by atomic mass is 10.1. The first-order chi connectivity index (χ1) is 14.5. The lowest BCUT2D eigenvalue weighted by molar-refractivity contribution is -0.122. The summed E-state index contributed by atoms with van der Waals surface area (Å²) in [6.07, 6.45) is 23.4. The molecule has 1 atom stereocenters. The Hall–Kier alpha value is -2.72. The third-order valence-electron chi connectivity index (χ3n) is 5.10. The van der Waals surface area contributed by atoms with Crippen LogP contribution in [0, 0.1) is 24.7 Å². The number of terminal acetylenes is 2. The van der Waals surface area contributed by atoms with E-state index in [4.69, 9.17) is 12.8 Å². The topological polar surface area (TPSA) is 58.2 Å². The summed E-state index contributed by atoms with van der Waals surface area (Å²) in [6.45, 7) is 4.53. The van der Waals surface area contributed by atoms with E-state index in [1.54, 1.807) is 25.1 Å². The van der Waals surface area contributed by atoms with Gasteiger partial charge in [-0.05, 0) is 31.5 Å². The Balaban J connectivity index is 2.24. The predicted molar refractivity (Wildman–Crippen MR) is 124 cm³/mol. The molecule has 0 heterocycles. The normalized spacial score (nSPS) is 11.2. The first-order valence-electron chi connectivity index (χ1n) is 11.2. The first-order valence-corrected chi connectivity index (χ1v) is 11.2. The largest absolute Gasteiger partial charge is 0.354 e. The molecule has 0 aliphatic rings. The maximum absolute atomic E-state index is 12.4. The van der Waals surface area contributed by atoms with Crippen molar-refractivity contribution in [2.75, 3.05) is 6.54 Å². The van der Waals surface area contributed by atoms with Crippen LogP contribution >= 0.6 is 0 Å². The number of benzene rings is 1. The van der Waals surface area contributed by atoms with Gasteiger partial charge in [0.1, 0.15) is 6.04 Å². The molecular weight excluding hydrogens is 372 g/mol. The monoisotopic (exact) mass is 408 g/mol. The average Bonchev–Trinajstić information content (AvgIpc) is 2.76. The van der Waals surface area contributed by atoms with Crippen molar-refractivity contribution in [1.82, 2.24) is 10.6 Å². The number of carbonyl (C=O) groups is 2. The van der Waals surface area contributed by atoms with Crippen LogP contribution in [0.5, 0.6) is 0 Å². The maximum Gasteiger partial charge on any atom is 0.252 e. The van der Waals surface area contributed by atoms with Crippen LogP contribution in [0.4, 0.5) is 0 Å². The zero-order valence-corrected chi connectivity index (χ0v) is 18.6. The standard InChI is InChI=1S/C26H36N2O2/c1-5-8-9-10-11-12-13-14-15-16-17-27-25(29)21(4)28-26(30)24-19-22(6-2)18-23(7-3)20-24/h2-3,18-21H,5,8-17H2,1,4H3,(H,27,29)(H,28,30). The van der Waals surface area contributed by atoms with Gasteiger partial charge in [0, 0.05) is 23.2 Å². The number of carbonyl (C=O) groups excluding carboxylic acids is 2. The molecule has 0 radical (unpaired) electrons. The molecule has 0 aliphatic carbocycles. The Kier molecular flexibility index (Phi) is 12.8. The van der Waals surface area contributed by atoms with E-state index in [1.165, 1.54) is 51.4 Å². The Morgan fingerprint density at radius 3 is 1.87 bits per heavy atom. The fraction of sp³-hybridized carbons (Fsp3) is 0.538. The molecule has 30 heavy (non-hydrogen) atoms.